The molecule has 0 saturated carbocycles. The van der Waals surface area contributed by atoms with E-state index < -0.39 is 0 Å². The summed E-state index contributed by atoms with van der Waals surface area (Å²) in [4.78, 5) is 10.5. The first-order valence-electron chi connectivity index (χ1n) is 5.49. The standard InChI is InChI=1S/C14H18O2/c1-11(2)14-8-4-6-13(10-14)7-5-9-16-12(3)15/h4-8,10-11H,9H2,1-3H3. The van der Waals surface area contributed by atoms with Crippen LogP contribution >= 0.6 is 0 Å². The highest BCUT2D eigenvalue weighted by Gasteiger charge is 1.97. The van der Waals surface area contributed by atoms with Gasteiger partial charge in [-0.2, -0.15) is 0 Å². The molecule has 0 aromatic heterocycles. The maximum atomic E-state index is 10.5. The maximum absolute atomic E-state index is 10.5. The maximum Gasteiger partial charge on any atom is 0.302 e. The Balaban J connectivity index is 2.59. The molecule has 0 fully saturated rings. The molecule has 0 heterocycles. The fraction of sp³-hybridized carbons (Fsp3) is 0.357. The first kappa shape index (κ1) is 12.5. The quantitative estimate of drug-likeness (QED) is 0.724. The van der Waals surface area contributed by atoms with Gasteiger partial charge < -0.3 is 4.74 Å². The summed E-state index contributed by atoms with van der Waals surface area (Å²) in [6.07, 6.45) is 3.82. The second-order valence-corrected chi connectivity index (χ2v) is 4.03. The minimum absolute atomic E-state index is 0.249. The van der Waals surface area contributed by atoms with E-state index in [1.165, 1.54) is 12.5 Å². The van der Waals surface area contributed by atoms with Crippen molar-refractivity contribution in [3.05, 3.63) is 41.5 Å². The summed E-state index contributed by atoms with van der Waals surface area (Å²) in [5.41, 5.74) is 2.45. The highest BCUT2D eigenvalue weighted by molar-refractivity contribution is 5.66. The average molecular weight is 218 g/mol. The summed E-state index contributed by atoms with van der Waals surface area (Å²) in [5, 5.41) is 0. The predicted octanol–water partition coefficient (Wildman–Crippen LogP) is 3.39. The van der Waals surface area contributed by atoms with Gasteiger partial charge in [0.15, 0.2) is 0 Å². The van der Waals surface area contributed by atoms with E-state index in [2.05, 4.69) is 26.0 Å². The van der Waals surface area contributed by atoms with E-state index >= 15 is 0 Å². The van der Waals surface area contributed by atoms with Gasteiger partial charge in [0, 0.05) is 6.92 Å². The Morgan fingerprint density at radius 1 is 1.44 bits per heavy atom. The van der Waals surface area contributed by atoms with Crippen LogP contribution in [0.25, 0.3) is 6.08 Å². The molecule has 0 saturated heterocycles. The fourth-order valence-corrected chi connectivity index (χ4v) is 1.37. The Bertz CT molecular complexity index is 378. The van der Waals surface area contributed by atoms with Gasteiger partial charge in [0.2, 0.25) is 0 Å². The number of carbonyl (C=O) groups excluding carboxylic acids is 1. The van der Waals surface area contributed by atoms with Crippen LogP contribution in [0, 0.1) is 0 Å². The van der Waals surface area contributed by atoms with E-state index in [9.17, 15) is 4.79 Å². The van der Waals surface area contributed by atoms with Gasteiger partial charge >= 0.3 is 5.97 Å². The molecule has 0 radical (unpaired) electrons. The first-order valence-corrected chi connectivity index (χ1v) is 5.49. The molecule has 1 rings (SSSR count). The van der Waals surface area contributed by atoms with Crippen LogP contribution in [0.2, 0.25) is 0 Å². The second kappa shape index (κ2) is 6.11. The van der Waals surface area contributed by atoms with Crippen molar-refractivity contribution in [2.45, 2.75) is 26.7 Å². The first-order chi connectivity index (χ1) is 7.59. The third-order valence-corrected chi connectivity index (χ3v) is 2.27. The molecule has 0 N–H and O–H groups in total. The zero-order chi connectivity index (χ0) is 12.0. The van der Waals surface area contributed by atoms with Crippen molar-refractivity contribution in [3.63, 3.8) is 0 Å². The van der Waals surface area contributed by atoms with Crippen molar-refractivity contribution in [2.24, 2.45) is 0 Å². The number of esters is 1. The van der Waals surface area contributed by atoms with E-state index in [4.69, 9.17) is 4.74 Å². The lowest BCUT2D eigenvalue weighted by atomic mass is 10.0. The Hall–Kier alpha value is -1.57. The van der Waals surface area contributed by atoms with E-state index in [-0.39, 0.29) is 5.97 Å². The average Bonchev–Trinajstić information content (AvgIpc) is 2.24. The molecule has 0 spiro atoms. The Kier molecular flexibility index (Phi) is 4.77. The number of hydrogen-bond donors (Lipinski definition) is 0. The number of hydrogen-bond acceptors (Lipinski definition) is 2. The fourth-order valence-electron chi connectivity index (χ4n) is 1.37. The van der Waals surface area contributed by atoms with Crippen LogP contribution in [0.4, 0.5) is 0 Å². The molecule has 2 heteroatoms. The number of ether oxygens (including phenoxy) is 1. The molecule has 0 bridgehead atoms. The molecule has 0 unspecified atom stereocenters. The minimum Gasteiger partial charge on any atom is -0.462 e. The Labute approximate surface area is 96.9 Å². The van der Waals surface area contributed by atoms with Gasteiger partial charge in [-0.05, 0) is 23.1 Å². The molecule has 86 valence electrons. The summed E-state index contributed by atoms with van der Waals surface area (Å²) in [5.74, 6) is 0.280. The van der Waals surface area contributed by atoms with Crippen molar-refractivity contribution in [2.75, 3.05) is 6.61 Å². The molecule has 16 heavy (non-hydrogen) atoms. The largest absolute Gasteiger partial charge is 0.462 e. The summed E-state index contributed by atoms with van der Waals surface area (Å²) >= 11 is 0. The summed E-state index contributed by atoms with van der Waals surface area (Å²) < 4.78 is 4.82. The van der Waals surface area contributed by atoms with E-state index in [0.29, 0.717) is 12.5 Å². The topological polar surface area (TPSA) is 26.3 Å². The van der Waals surface area contributed by atoms with Gasteiger partial charge in [-0.15, -0.1) is 0 Å². The van der Waals surface area contributed by atoms with Crippen LogP contribution in [0.5, 0.6) is 0 Å². The van der Waals surface area contributed by atoms with Gasteiger partial charge in [0.25, 0.3) is 0 Å². The lowest BCUT2D eigenvalue weighted by molar-refractivity contribution is -0.139. The summed E-state index contributed by atoms with van der Waals surface area (Å²) in [7, 11) is 0. The van der Waals surface area contributed by atoms with Crippen LogP contribution in [0.15, 0.2) is 30.3 Å². The zero-order valence-electron chi connectivity index (χ0n) is 10.1. The predicted molar refractivity (Wildman–Crippen MR) is 66.2 cm³/mol. The molecular weight excluding hydrogens is 200 g/mol. The van der Waals surface area contributed by atoms with Crippen LogP contribution in [-0.4, -0.2) is 12.6 Å². The molecule has 1 aromatic carbocycles. The van der Waals surface area contributed by atoms with E-state index in [1.807, 2.05) is 24.3 Å². The van der Waals surface area contributed by atoms with Crippen molar-refractivity contribution in [3.8, 4) is 0 Å². The normalized spacial score (nSPS) is 11.0. The van der Waals surface area contributed by atoms with Gasteiger partial charge in [0.05, 0.1) is 0 Å². The van der Waals surface area contributed by atoms with Gasteiger partial charge in [-0.25, -0.2) is 0 Å². The lowest BCUT2D eigenvalue weighted by Crippen LogP contribution is -1.97. The molecule has 0 aliphatic heterocycles. The summed E-state index contributed by atoms with van der Waals surface area (Å²) in [6, 6.07) is 8.35. The molecule has 0 atom stereocenters. The van der Waals surface area contributed by atoms with Gasteiger partial charge in [-0.1, -0.05) is 44.2 Å². The van der Waals surface area contributed by atoms with E-state index in [0.717, 1.165) is 5.56 Å². The Morgan fingerprint density at radius 2 is 2.19 bits per heavy atom. The highest BCUT2D eigenvalue weighted by Crippen LogP contribution is 2.16. The van der Waals surface area contributed by atoms with Crippen LogP contribution in [-0.2, 0) is 9.53 Å². The second-order valence-electron chi connectivity index (χ2n) is 4.03. The monoisotopic (exact) mass is 218 g/mol. The van der Waals surface area contributed by atoms with Crippen LogP contribution in [0.3, 0.4) is 0 Å². The van der Waals surface area contributed by atoms with Crippen molar-refractivity contribution in [1.29, 1.82) is 0 Å². The SMILES string of the molecule is CC(=O)OCC=Cc1cccc(C(C)C)c1. The highest BCUT2D eigenvalue weighted by atomic mass is 16.5. The third-order valence-electron chi connectivity index (χ3n) is 2.27. The van der Waals surface area contributed by atoms with Crippen molar-refractivity contribution >= 4 is 12.0 Å². The van der Waals surface area contributed by atoms with Crippen molar-refractivity contribution in [1.82, 2.24) is 0 Å². The number of benzene rings is 1. The lowest BCUT2D eigenvalue weighted by Gasteiger charge is -2.05. The van der Waals surface area contributed by atoms with Crippen LogP contribution < -0.4 is 0 Å². The molecule has 0 aliphatic rings. The zero-order valence-corrected chi connectivity index (χ0v) is 10.1. The molecule has 0 amide bonds. The smallest absolute Gasteiger partial charge is 0.302 e. The van der Waals surface area contributed by atoms with Crippen LogP contribution in [0.1, 0.15) is 37.8 Å². The third kappa shape index (κ3) is 4.30. The number of rotatable bonds is 4. The number of carbonyl (C=O) groups is 1. The van der Waals surface area contributed by atoms with Gasteiger partial charge in [0.1, 0.15) is 6.61 Å². The molecule has 1 aromatic rings. The molecule has 2 nitrogen and oxygen atoms in total. The molecular formula is C14H18O2. The van der Waals surface area contributed by atoms with Gasteiger partial charge in [-0.3, -0.25) is 4.79 Å². The summed E-state index contributed by atoms with van der Waals surface area (Å²) in [6.45, 7) is 6.08. The van der Waals surface area contributed by atoms with E-state index in [1.54, 1.807) is 0 Å². The Morgan fingerprint density at radius 3 is 2.81 bits per heavy atom. The molecule has 0 aliphatic carbocycles. The minimum atomic E-state index is -0.249. The van der Waals surface area contributed by atoms with Crippen molar-refractivity contribution < 1.29 is 9.53 Å².